The van der Waals surface area contributed by atoms with Crippen molar-refractivity contribution >= 4 is 21.6 Å². The summed E-state index contributed by atoms with van der Waals surface area (Å²) in [4.78, 5) is 12.7. The summed E-state index contributed by atoms with van der Waals surface area (Å²) in [7, 11) is 0.594. The highest BCUT2D eigenvalue weighted by molar-refractivity contribution is 7.89. The van der Waals surface area contributed by atoms with Gasteiger partial charge in [-0.15, -0.1) is 0 Å². The molecule has 8 nitrogen and oxygen atoms in total. The van der Waals surface area contributed by atoms with E-state index >= 15 is 0 Å². The van der Waals surface area contributed by atoms with Crippen LogP contribution < -0.4 is 24.2 Å². The third-order valence-corrected chi connectivity index (χ3v) is 6.58. The van der Waals surface area contributed by atoms with Crippen LogP contribution in [-0.2, 0) is 10.0 Å². The van der Waals surface area contributed by atoms with Crippen LogP contribution in [0.1, 0.15) is 36.0 Å². The van der Waals surface area contributed by atoms with Crippen molar-refractivity contribution in [3.63, 3.8) is 0 Å². The first-order valence-electron chi connectivity index (χ1n) is 9.61. The van der Waals surface area contributed by atoms with E-state index in [0.717, 1.165) is 25.7 Å². The van der Waals surface area contributed by atoms with E-state index in [4.69, 9.17) is 14.2 Å². The van der Waals surface area contributed by atoms with Crippen LogP contribution in [0.15, 0.2) is 41.3 Å². The number of carbonyl (C=O) groups is 1. The second-order valence-corrected chi connectivity index (χ2v) is 8.67. The molecule has 1 amide bonds. The lowest BCUT2D eigenvalue weighted by atomic mass is 10.2. The molecule has 162 valence electrons. The van der Waals surface area contributed by atoms with E-state index in [9.17, 15) is 13.2 Å². The van der Waals surface area contributed by atoms with Crippen molar-refractivity contribution in [2.75, 3.05) is 26.6 Å². The van der Waals surface area contributed by atoms with Crippen LogP contribution in [-0.4, -0.2) is 41.7 Å². The summed E-state index contributed by atoms with van der Waals surface area (Å²) >= 11 is 0. The van der Waals surface area contributed by atoms with Gasteiger partial charge in [-0.3, -0.25) is 4.79 Å². The first kappa shape index (κ1) is 21.9. The van der Waals surface area contributed by atoms with Crippen LogP contribution in [0.5, 0.6) is 17.2 Å². The van der Waals surface area contributed by atoms with Crippen molar-refractivity contribution in [2.45, 2.75) is 36.6 Å². The number of amides is 1. The molecule has 1 aliphatic carbocycles. The summed E-state index contributed by atoms with van der Waals surface area (Å²) in [5.74, 6) is 0.728. The van der Waals surface area contributed by atoms with Gasteiger partial charge in [-0.25, -0.2) is 13.1 Å². The Morgan fingerprint density at radius 3 is 2.17 bits per heavy atom. The number of nitrogens with one attached hydrogen (secondary N) is 2. The summed E-state index contributed by atoms with van der Waals surface area (Å²) in [6, 6.07) is 9.19. The van der Waals surface area contributed by atoms with Gasteiger partial charge in [0.2, 0.25) is 10.0 Å². The number of carbonyl (C=O) groups excluding carboxylic acids is 1. The van der Waals surface area contributed by atoms with Crippen LogP contribution in [0.25, 0.3) is 0 Å². The molecule has 0 unspecified atom stereocenters. The first-order chi connectivity index (χ1) is 14.4. The molecule has 0 saturated heterocycles. The van der Waals surface area contributed by atoms with Crippen LogP contribution in [0.4, 0.5) is 5.69 Å². The van der Waals surface area contributed by atoms with E-state index in [-0.39, 0.29) is 22.3 Å². The average Bonchev–Trinajstić information content (AvgIpc) is 3.25. The number of hydrogen-bond acceptors (Lipinski definition) is 6. The SMILES string of the molecule is COc1ccc(NC(=O)c2ccc(OC)c(S(=O)(=O)NC3CCCC3)c2)cc1OC. The summed E-state index contributed by atoms with van der Waals surface area (Å²) in [5, 5.41) is 2.74. The summed E-state index contributed by atoms with van der Waals surface area (Å²) in [6.07, 6.45) is 3.61. The van der Waals surface area contributed by atoms with Crippen LogP contribution in [0.3, 0.4) is 0 Å². The Labute approximate surface area is 176 Å². The molecule has 0 radical (unpaired) electrons. The lowest BCUT2D eigenvalue weighted by molar-refractivity contribution is 0.102. The number of hydrogen-bond donors (Lipinski definition) is 2. The lowest BCUT2D eigenvalue weighted by Gasteiger charge is -2.16. The molecule has 1 saturated carbocycles. The average molecular weight is 435 g/mol. The Bertz CT molecular complexity index is 1020. The zero-order chi connectivity index (χ0) is 21.7. The fourth-order valence-corrected chi connectivity index (χ4v) is 4.97. The van der Waals surface area contributed by atoms with Gasteiger partial charge in [0.05, 0.1) is 21.3 Å². The van der Waals surface area contributed by atoms with Gasteiger partial charge in [-0.2, -0.15) is 0 Å². The maximum Gasteiger partial charge on any atom is 0.255 e. The van der Waals surface area contributed by atoms with Gasteiger partial charge in [0.15, 0.2) is 11.5 Å². The number of ether oxygens (including phenoxy) is 3. The van der Waals surface area contributed by atoms with Gasteiger partial charge in [-0.05, 0) is 43.2 Å². The minimum Gasteiger partial charge on any atom is -0.495 e. The van der Waals surface area contributed by atoms with Crippen LogP contribution >= 0.6 is 0 Å². The smallest absolute Gasteiger partial charge is 0.255 e. The third kappa shape index (κ3) is 4.85. The molecule has 9 heteroatoms. The molecule has 0 heterocycles. The molecule has 1 aliphatic rings. The molecule has 0 aromatic heterocycles. The highest BCUT2D eigenvalue weighted by atomic mass is 32.2. The molecular weight excluding hydrogens is 408 g/mol. The van der Waals surface area contributed by atoms with Crippen molar-refractivity contribution in [1.82, 2.24) is 4.72 Å². The normalized spacial score (nSPS) is 14.4. The maximum atomic E-state index is 12.9. The van der Waals surface area contributed by atoms with Crippen molar-refractivity contribution < 1.29 is 27.4 Å². The molecule has 0 aliphatic heterocycles. The molecule has 2 aromatic carbocycles. The molecule has 0 spiro atoms. The van der Waals surface area contributed by atoms with Crippen molar-refractivity contribution in [2.24, 2.45) is 0 Å². The van der Waals surface area contributed by atoms with Gasteiger partial charge in [0, 0.05) is 23.4 Å². The first-order valence-corrected chi connectivity index (χ1v) is 11.1. The van der Waals surface area contributed by atoms with Gasteiger partial charge in [0.25, 0.3) is 5.91 Å². The second-order valence-electron chi connectivity index (χ2n) is 6.99. The highest BCUT2D eigenvalue weighted by Crippen LogP contribution is 2.31. The van der Waals surface area contributed by atoms with Gasteiger partial charge in [-0.1, -0.05) is 12.8 Å². The fourth-order valence-electron chi connectivity index (χ4n) is 3.47. The minimum absolute atomic E-state index is 0.0585. The van der Waals surface area contributed by atoms with Gasteiger partial charge in [0.1, 0.15) is 10.6 Å². The molecule has 2 aromatic rings. The predicted octanol–water partition coefficient (Wildman–Crippen LogP) is 3.19. The topological polar surface area (TPSA) is 103 Å². The number of rotatable bonds is 8. The van der Waals surface area contributed by atoms with Crippen LogP contribution in [0, 0.1) is 0 Å². The molecule has 30 heavy (non-hydrogen) atoms. The number of methoxy groups -OCH3 is 3. The van der Waals surface area contributed by atoms with Gasteiger partial charge < -0.3 is 19.5 Å². The zero-order valence-corrected chi connectivity index (χ0v) is 18.0. The van der Waals surface area contributed by atoms with E-state index in [2.05, 4.69) is 10.0 Å². The Morgan fingerprint density at radius 2 is 1.53 bits per heavy atom. The van der Waals surface area contributed by atoms with Crippen LogP contribution in [0.2, 0.25) is 0 Å². The monoisotopic (exact) mass is 434 g/mol. The number of sulfonamides is 1. The minimum atomic E-state index is -3.83. The van der Waals surface area contributed by atoms with E-state index in [0.29, 0.717) is 17.2 Å². The maximum absolute atomic E-state index is 12.9. The fraction of sp³-hybridized carbons (Fsp3) is 0.381. The summed E-state index contributed by atoms with van der Waals surface area (Å²) in [6.45, 7) is 0. The second kappa shape index (κ2) is 9.36. The van der Waals surface area contributed by atoms with Crippen molar-refractivity contribution in [3.8, 4) is 17.2 Å². The Hall–Kier alpha value is -2.78. The Balaban J connectivity index is 1.85. The summed E-state index contributed by atoms with van der Waals surface area (Å²) < 4.78 is 44.2. The molecule has 3 rings (SSSR count). The Morgan fingerprint density at radius 1 is 0.900 bits per heavy atom. The standard InChI is InChI=1S/C21H26N2O6S/c1-27-17-11-9-16(13-19(17)29-3)22-21(24)14-8-10-18(28-2)20(12-14)30(25,26)23-15-6-4-5-7-15/h8-13,15,23H,4-7H2,1-3H3,(H,22,24). The Kier molecular flexibility index (Phi) is 6.84. The molecule has 0 atom stereocenters. The predicted molar refractivity (Wildman–Crippen MR) is 113 cm³/mol. The molecule has 2 N–H and O–H groups in total. The van der Waals surface area contributed by atoms with Crippen molar-refractivity contribution in [1.29, 1.82) is 0 Å². The van der Waals surface area contributed by atoms with E-state index in [1.807, 2.05) is 0 Å². The van der Waals surface area contributed by atoms with Gasteiger partial charge >= 0.3 is 0 Å². The number of benzene rings is 2. The summed E-state index contributed by atoms with van der Waals surface area (Å²) in [5.41, 5.74) is 0.680. The van der Waals surface area contributed by atoms with E-state index in [1.54, 1.807) is 18.2 Å². The molecular formula is C21H26N2O6S. The third-order valence-electron chi connectivity index (χ3n) is 5.03. The number of anilines is 1. The quantitative estimate of drug-likeness (QED) is 0.661. The lowest BCUT2D eigenvalue weighted by Crippen LogP contribution is -2.33. The largest absolute Gasteiger partial charge is 0.495 e. The molecule has 1 fully saturated rings. The highest BCUT2D eigenvalue weighted by Gasteiger charge is 2.26. The van der Waals surface area contributed by atoms with Crippen molar-refractivity contribution in [3.05, 3.63) is 42.0 Å². The zero-order valence-electron chi connectivity index (χ0n) is 17.2. The van der Waals surface area contributed by atoms with E-state index in [1.165, 1.54) is 39.5 Å². The van der Waals surface area contributed by atoms with E-state index < -0.39 is 15.9 Å². The molecule has 0 bridgehead atoms.